The lowest BCUT2D eigenvalue weighted by Crippen LogP contribution is -2.11. The largest absolute Gasteiger partial charge is 0.494 e. The maximum absolute atomic E-state index is 12.6. The molecule has 4 aromatic rings. The number of hydrogen-bond acceptors (Lipinski definition) is 8. The molecule has 1 heterocycles. The summed E-state index contributed by atoms with van der Waals surface area (Å²) in [4.78, 5) is 34.5. The van der Waals surface area contributed by atoms with E-state index in [4.69, 9.17) is 13.9 Å². The summed E-state index contributed by atoms with van der Waals surface area (Å²) in [6.07, 6.45) is 0. The van der Waals surface area contributed by atoms with Gasteiger partial charge in [0.25, 0.3) is 5.69 Å². The van der Waals surface area contributed by atoms with Crippen molar-refractivity contribution in [3.8, 4) is 22.6 Å². The molecule has 4 rings (SSSR count). The van der Waals surface area contributed by atoms with Crippen LogP contribution in [0, 0.1) is 10.1 Å². The van der Waals surface area contributed by atoms with Gasteiger partial charge < -0.3 is 13.9 Å². The number of para-hydroxylation sites is 1. The summed E-state index contributed by atoms with van der Waals surface area (Å²) >= 11 is 0.871. The molecule has 0 aliphatic carbocycles. The van der Waals surface area contributed by atoms with Crippen LogP contribution in [0.4, 0.5) is 5.69 Å². The van der Waals surface area contributed by atoms with Crippen molar-refractivity contribution in [2.45, 2.75) is 6.92 Å². The quantitative estimate of drug-likeness (QED) is 0.180. The first kappa shape index (κ1) is 20.3. The summed E-state index contributed by atoms with van der Waals surface area (Å²) in [6, 6.07) is 15.7. The topological polar surface area (TPSA) is 109 Å². The standard InChI is InChI=1S/C22H15NO7S/c1-2-28-14-9-7-13(8-10-14)17-11-15(12-19-20(17)30-22(25)31-19)29-21(24)16-5-3-4-6-18(16)23(26)27/h3-12H,2H2,1H3. The van der Waals surface area contributed by atoms with Crippen molar-refractivity contribution in [3.05, 3.63) is 86.1 Å². The van der Waals surface area contributed by atoms with E-state index in [2.05, 4.69) is 0 Å². The highest BCUT2D eigenvalue weighted by Crippen LogP contribution is 2.35. The molecule has 8 nitrogen and oxygen atoms in total. The molecule has 0 saturated heterocycles. The van der Waals surface area contributed by atoms with Crippen LogP contribution in [0.3, 0.4) is 0 Å². The molecule has 0 aliphatic rings. The number of hydrogen-bond donors (Lipinski definition) is 0. The molecule has 3 aromatic carbocycles. The number of nitrogens with zero attached hydrogens (tertiary/aromatic N) is 1. The van der Waals surface area contributed by atoms with E-state index in [-0.39, 0.29) is 17.0 Å². The van der Waals surface area contributed by atoms with Crippen molar-refractivity contribution in [3.63, 3.8) is 0 Å². The van der Waals surface area contributed by atoms with E-state index in [1.165, 1.54) is 30.3 Å². The molecule has 156 valence electrons. The molecular formula is C22H15NO7S. The van der Waals surface area contributed by atoms with Gasteiger partial charge >= 0.3 is 10.9 Å². The normalized spacial score (nSPS) is 10.7. The van der Waals surface area contributed by atoms with Crippen LogP contribution >= 0.6 is 11.3 Å². The van der Waals surface area contributed by atoms with Crippen LogP contribution in [0.1, 0.15) is 17.3 Å². The Balaban J connectivity index is 1.75. The van der Waals surface area contributed by atoms with E-state index in [9.17, 15) is 19.7 Å². The van der Waals surface area contributed by atoms with Gasteiger partial charge in [0.15, 0.2) is 5.58 Å². The van der Waals surface area contributed by atoms with E-state index in [0.717, 1.165) is 16.9 Å². The number of benzene rings is 3. The average molecular weight is 437 g/mol. The first-order valence-corrected chi connectivity index (χ1v) is 10.0. The fraction of sp³-hybridized carbons (Fsp3) is 0.0909. The molecule has 9 heteroatoms. The van der Waals surface area contributed by atoms with Crippen LogP contribution in [-0.4, -0.2) is 17.5 Å². The zero-order chi connectivity index (χ0) is 22.0. The molecule has 0 aliphatic heterocycles. The summed E-state index contributed by atoms with van der Waals surface area (Å²) in [5, 5.41) is 11.2. The number of ether oxygens (including phenoxy) is 2. The lowest BCUT2D eigenvalue weighted by atomic mass is 10.0. The zero-order valence-electron chi connectivity index (χ0n) is 16.2. The number of esters is 1. The summed E-state index contributed by atoms with van der Waals surface area (Å²) in [6.45, 7) is 2.41. The van der Waals surface area contributed by atoms with Gasteiger partial charge in [0.2, 0.25) is 0 Å². The van der Waals surface area contributed by atoms with Gasteiger partial charge in [-0.15, -0.1) is 0 Å². The summed E-state index contributed by atoms with van der Waals surface area (Å²) < 4.78 is 16.7. The third-order valence-corrected chi connectivity index (χ3v) is 5.19. The second-order valence-corrected chi connectivity index (χ2v) is 7.35. The Hall–Kier alpha value is -3.98. The number of nitro benzene ring substituents is 1. The van der Waals surface area contributed by atoms with Gasteiger partial charge in [0.1, 0.15) is 17.1 Å². The van der Waals surface area contributed by atoms with Gasteiger partial charge in [-0.05, 0) is 36.8 Å². The Morgan fingerprint density at radius 2 is 1.84 bits per heavy atom. The average Bonchev–Trinajstić information content (AvgIpc) is 3.14. The molecular weight excluding hydrogens is 422 g/mol. The first-order chi connectivity index (χ1) is 15.0. The minimum absolute atomic E-state index is 0.136. The van der Waals surface area contributed by atoms with Crippen LogP contribution in [-0.2, 0) is 0 Å². The van der Waals surface area contributed by atoms with E-state index in [0.29, 0.717) is 28.2 Å². The highest BCUT2D eigenvalue weighted by molar-refractivity contribution is 7.16. The Morgan fingerprint density at radius 1 is 1.10 bits per heavy atom. The Labute approximate surface area is 179 Å². The van der Waals surface area contributed by atoms with Gasteiger partial charge in [0.05, 0.1) is 16.2 Å². The summed E-state index contributed by atoms with van der Waals surface area (Å²) in [5.41, 5.74) is 1.11. The van der Waals surface area contributed by atoms with E-state index < -0.39 is 15.8 Å². The highest BCUT2D eigenvalue weighted by Gasteiger charge is 2.22. The van der Waals surface area contributed by atoms with Gasteiger partial charge in [-0.1, -0.05) is 35.6 Å². The molecule has 0 N–H and O–H groups in total. The van der Waals surface area contributed by atoms with Gasteiger partial charge in [-0.25, -0.2) is 9.59 Å². The highest BCUT2D eigenvalue weighted by atomic mass is 32.1. The van der Waals surface area contributed by atoms with Crippen LogP contribution in [0.25, 0.3) is 21.4 Å². The molecule has 31 heavy (non-hydrogen) atoms. The summed E-state index contributed by atoms with van der Waals surface area (Å²) in [5.74, 6) is -0.0510. The van der Waals surface area contributed by atoms with Crippen molar-refractivity contribution in [2.24, 2.45) is 0 Å². The van der Waals surface area contributed by atoms with Gasteiger partial charge in [-0.3, -0.25) is 10.1 Å². The van der Waals surface area contributed by atoms with E-state index in [1.807, 2.05) is 6.92 Å². The van der Waals surface area contributed by atoms with Crippen LogP contribution in [0.2, 0.25) is 0 Å². The molecule has 0 unspecified atom stereocenters. The molecule has 0 fully saturated rings. The smallest absolute Gasteiger partial charge is 0.396 e. The molecule has 0 saturated carbocycles. The van der Waals surface area contributed by atoms with Crippen LogP contribution in [0.15, 0.2) is 69.9 Å². The first-order valence-electron chi connectivity index (χ1n) is 9.23. The molecule has 1 aromatic heterocycles. The fourth-order valence-electron chi connectivity index (χ4n) is 3.09. The Bertz CT molecular complexity index is 1340. The third-order valence-electron chi connectivity index (χ3n) is 4.41. The predicted molar refractivity (Wildman–Crippen MR) is 115 cm³/mol. The van der Waals surface area contributed by atoms with Crippen molar-refractivity contribution in [1.29, 1.82) is 0 Å². The molecule has 0 atom stereocenters. The zero-order valence-corrected chi connectivity index (χ0v) is 17.0. The number of nitro groups is 1. The lowest BCUT2D eigenvalue weighted by Gasteiger charge is -2.09. The van der Waals surface area contributed by atoms with E-state index >= 15 is 0 Å². The lowest BCUT2D eigenvalue weighted by molar-refractivity contribution is -0.385. The van der Waals surface area contributed by atoms with Crippen molar-refractivity contribution >= 4 is 33.3 Å². The minimum atomic E-state index is -0.875. The van der Waals surface area contributed by atoms with Crippen molar-refractivity contribution < 1.29 is 23.6 Å². The third kappa shape index (κ3) is 4.17. The monoisotopic (exact) mass is 437 g/mol. The van der Waals surface area contributed by atoms with Crippen LogP contribution < -0.4 is 14.4 Å². The number of fused-ring (bicyclic) bond motifs is 1. The molecule has 0 bridgehead atoms. The van der Waals surface area contributed by atoms with Gasteiger partial charge in [0, 0.05) is 17.7 Å². The fourth-order valence-corrected chi connectivity index (χ4v) is 3.81. The number of carbonyl (C=O) groups is 1. The second-order valence-electron chi connectivity index (χ2n) is 6.37. The predicted octanol–water partition coefficient (Wildman–Crippen LogP) is 5.05. The number of rotatable bonds is 6. The Morgan fingerprint density at radius 3 is 2.55 bits per heavy atom. The maximum atomic E-state index is 12.6. The van der Waals surface area contributed by atoms with Crippen molar-refractivity contribution in [2.75, 3.05) is 6.61 Å². The van der Waals surface area contributed by atoms with Crippen LogP contribution in [0.5, 0.6) is 11.5 Å². The summed E-state index contributed by atoms with van der Waals surface area (Å²) in [7, 11) is 0. The van der Waals surface area contributed by atoms with E-state index in [1.54, 1.807) is 30.3 Å². The Kier molecular flexibility index (Phi) is 5.50. The molecule has 0 radical (unpaired) electrons. The number of carbonyl (C=O) groups excluding carboxylic acids is 1. The maximum Gasteiger partial charge on any atom is 0.396 e. The molecule has 0 amide bonds. The second kappa shape index (κ2) is 8.41. The van der Waals surface area contributed by atoms with Crippen molar-refractivity contribution in [1.82, 2.24) is 0 Å². The van der Waals surface area contributed by atoms with Gasteiger partial charge in [-0.2, -0.15) is 0 Å². The SMILES string of the molecule is CCOc1ccc(-c2cc(OC(=O)c3ccccc3[N+](=O)[O-])cc3sc(=O)oc23)cc1. The minimum Gasteiger partial charge on any atom is -0.494 e. The molecule has 0 spiro atoms.